The highest BCUT2D eigenvalue weighted by atomic mass is 35.5. The Morgan fingerprint density at radius 1 is 0.960 bits per heavy atom. The van der Waals surface area contributed by atoms with Gasteiger partial charge < -0.3 is 4.90 Å². The molecule has 0 N–H and O–H groups in total. The Hall–Kier alpha value is -2.20. The number of fused-ring (bicyclic) bond motifs is 2. The summed E-state index contributed by atoms with van der Waals surface area (Å²) in [5.41, 5.74) is 2.60. The van der Waals surface area contributed by atoms with E-state index in [1.54, 1.807) is 0 Å². The Kier molecular flexibility index (Phi) is 3.26. The summed E-state index contributed by atoms with van der Waals surface area (Å²) in [5.74, 6) is 0.0687. The van der Waals surface area contributed by atoms with Gasteiger partial charge in [-0.15, -0.1) is 0 Å². The van der Waals surface area contributed by atoms with Crippen molar-refractivity contribution < 1.29 is 4.79 Å². The molecule has 3 aliphatic heterocycles. The fourth-order valence-corrected chi connectivity index (χ4v) is 4.98. The van der Waals surface area contributed by atoms with E-state index in [4.69, 9.17) is 11.6 Å². The van der Waals surface area contributed by atoms with Crippen molar-refractivity contribution in [1.82, 2.24) is 5.01 Å². The summed E-state index contributed by atoms with van der Waals surface area (Å²) >= 11 is 6.21. The van der Waals surface area contributed by atoms with Crippen molar-refractivity contribution in [2.24, 2.45) is 0 Å². The first-order chi connectivity index (χ1) is 12.2. The third-order valence-corrected chi connectivity index (χ3v) is 6.01. The Morgan fingerprint density at radius 3 is 2.52 bits per heavy atom. The van der Waals surface area contributed by atoms with E-state index >= 15 is 0 Å². The lowest BCUT2D eigenvalue weighted by molar-refractivity contribution is 0.0263. The quantitative estimate of drug-likeness (QED) is 0.764. The number of hydrogen-bond donors (Lipinski definition) is 0. The van der Waals surface area contributed by atoms with Crippen LogP contribution in [0.2, 0.25) is 5.02 Å². The van der Waals surface area contributed by atoms with Crippen LogP contribution in [-0.2, 0) is 0 Å². The maximum Gasteiger partial charge on any atom is 0.276 e. The molecule has 0 radical (unpaired) electrons. The lowest BCUT2D eigenvalue weighted by atomic mass is 9.91. The maximum absolute atomic E-state index is 13.5. The smallest absolute Gasteiger partial charge is 0.276 e. The summed E-state index contributed by atoms with van der Waals surface area (Å²) in [6.45, 7) is 1.85. The highest BCUT2D eigenvalue weighted by Crippen LogP contribution is 2.49. The first-order valence-corrected chi connectivity index (χ1v) is 9.33. The van der Waals surface area contributed by atoms with Gasteiger partial charge in [-0.3, -0.25) is 9.80 Å². The summed E-state index contributed by atoms with van der Waals surface area (Å²) < 4.78 is 0. The molecule has 2 fully saturated rings. The van der Waals surface area contributed by atoms with Gasteiger partial charge in [-0.2, -0.15) is 0 Å². The Bertz CT molecular complexity index is 840. The van der Waals surface area contributed by atoms with E-state index in [-0.39, 0.29) is 11.6 Å². The second-order valence-electron chi connectivity index (χ2n) is 7.08. The van der Waals surface area contributed by atoms with E-state index in [1.807, 2.05) is 41.4 Å². The van der Waals surface area contributed by atoms with Gasteiger partial charge in [0.15, 0.2) is 0 Å². The van der Waals surface area contributed by atoms with Gasteiger partial charge in [0.25, 0.3) is 5.91 Å². The molecular formula is C20H20ClN3O. The second kappa shape index (κ2) is 5.40. The van der Waals surface area contributed by atoms with Gasteiger partial charge in [0, 0.05) is 18.1 Å². The predicted molar refractivity (Wildman–Crippen MR) is 100.0 cm³/mol. The Labute approximate surface area is 152 Å². The molecule has 128 valence electrons. The second-order valence-corrected chi connectivity index (χ2v) is 7.51. The number of benzene rings is 2. The third-order valence-electron chi connectivity index (χ3n) is 5.77. The number of hydrazine groups is 1. The van der Waals surface area contributed by atoms with Gasteiger partial charge >= 0.3 is 0 Å². The van der Waals surface area contributed by atoms with E-state index in [0.29, 0.717) is 10.6 Å². The van der Waals surface area contributed by atoms with Crippen LogP contribution < -0.4 is 9.91 Å². The third kappa shape index (κ3) is 2.04. The van der Waals surface area contributed by atoms with Crippen LogP contribution in [0.15, 0.2) is 48.5 Å². The summed E-state index contributed by atoms with van der Waals surface area (Å²) in [7, 11) is 0. The number of carbonyl (C=O) groups excluding carboxylic acids is 1. The fraction of sp³-hybridized carbons (Fsp3) is 0.350. The molecule has 1 atom stereocenters. The van der Waals surface area contributed by atoms with Gasteiger partial charge in [-0.25, -0.2) is 5.01 Å². The molecule has 4 nitrogen and oxygen atoms in total. The fourth-order valence-electron chi connectivity index (χ4n) is 4.80. The number of anilines is 2. The highest BCUT2D eigenvalue weighted by molar-refractivity contribution is 6.31. The molecule has 0 aliphatic carbocycles. The molecule has 0 bridgehead atoms. The van der Waals surface area contributed by atoms with Gasteiger partial charge in [0.1, 0.15) is 5.66 Å². The van der Waals surface area contributed by atoms with Gasteiger partial charge in [0.05, 0.1) is 16.9 Å². The zero-order valence-electron chi connectivity index (χ0n) is 14.0. The topological polar surface area (TPSA) is 26.8 Å². The molecule has 2 aromatic rings. The van der Waals surface area contributed by atoms with Crippen LogP contribution in [0.1, 0.15) is 36.0 Å². The predicted octanol–water partition coefficient (Wildman–Crippen LogP) is 4.31. The van der Waals surface area contributed by atoms with Crippen molar-refractivity contribution in [3.63, 3.8) is 0 Å². The summed E-state index contributed by atoms with van der Waals surface area (Å²) in [6.07, 6.45) is 4.22. The average Bonchev–Trinajstić information content (AvgIpc) is 3.06. The summed E-state index contributed by atoms with van der Waals surface area (Å²) in [5, 5.41) is 4.81. The Morgan fingerprint density at radius 2 is 1.72 bits per heavy atom. The number of carbonyl (C=O) groups is 1. The van der Waals surface area contributed by atoms with Crippen molar-refractivity contribution in [1.29, 1.82) is 0 Å². The molecule has 5 heteroatoms. The van der Waals surface area contributed by atoms with E-state index in [1.165, 1.54) is 0 Å². The molecule has 5 rings (SSSR count). The van der Waals surface area contributed by atoms with Gasteiger partial charge in [-0.05, 0) is 56.0 Å². The molecule has 25 heavy (non-hydrogen) atoms. The summed E-state index contributed by atoms with van der Waals surface area (Å²) in [4.78, 5) is 16.0. The van der Waals surface area contributed by atoms with Crippen molar-refractivity contribution in [3.05, 3.63) is 59.1 Å². The molecule has 1 spiro atoms. The number of nitrogens with zero attached hydrogens (tertiary/aromatic N) is 3. The van der Waals surface area contributed by atoms with Gasteiger partial charge in [0.2, 0.25) is 0 Å². The van der Waals surface area contributed by atoms with Crippen LogP contribution in [0.4, 0.5) is 11.4 Å². The largest absolute Gasteiger partial charge is 0.346 e. The Balaban J connectivity index is 1.70. The van der Waals surface area contributed by atoms with Gasteiger partial charge in [-0.1, -0.05) is 29.8 Å². The standard InChI is InChI=1S/C20H20ClN3O/c21-15-8-9-18-17(14-15)19(25)24-20(10-4-12-22(18)20)11-5-13-23(24)16-6-2-1-3-7-16/h1-3,6-9,14H,4-5,10-13H2. The number of rotatable bonds is 1. The van der Waals surface area contributed by atoms with Crippen LogP contribution in [0.3, 0.4) is 0 Å². The molecule has 0 aromatic heterocycles. The number of amides is 1. The minimum absolute atomic E-state index is 0.0687. The highest BCUT2D eigenvalue weighted by Gasteiger charge is 2.56. The molecule has 3 heterocycles. The lowest BCUT2D eigenvalue weighted by Crippen LogP contribution is -2.70. The molecule has 3 aliphatic rings. The van der Waals surface area contributed by atoms with E-state index in [0.717, 1.165) is 50.1 Å². The molecule has 1 amide bonds. The minimum atomic E-state index is -0.230. The number of halogens is 1. The minimum Gasteiger partial charge on any atom is -0.346 e. The van der Waals surface area contributed by atoms with Crippen molar-refractivity contribution in [3.8, 4) is 0 Å². The average molecular weight is 354 g/mol. The van der Waals surface area contributed by atoms with Crippen LogP contribution in [0, 0.1) is 0 Å². The van der Waals surface area contributed by atoms with Crippen LogP contribution in [-0.4, -0.2) is 29.7 Å². The van der Waals surface area contributed by atoms with Crippen LogP contribution in [0.25, 0.3) is 0 Å². The van der Waals surface area contributed by atoms with E-state index < -0.39 is 0 Å². The number of para-hydroxylation sites is 1. The monoisotopic (exact) mass is 353 g/mol. The zero-order chi connectivity index (χ0) is 17.0. The molecular weight excluding hydrogens is 334 g/mol. The zero-order valence-corrected chi connectivity index (χ0v) is 14.7. The molecule has 1 unspecified atom stereocenters. The number of hydrogen-bond acceptors (Lipinski definition) is 3. The molecule has 2 aromatic carbocycles. The SMILES string of the molecule is O=C1c2cc(Cl)ccc2N2CCCC23CCCN(c2ccccc2)N13. The van der Waals surface area contributed by atoms with E-state index in [2.05, 4.69) is 22.0 Å². The van der Waals surface area contributed by atoms with Crippen LogP contribution in [0.5, 0.6) is 0 Å². The molecule has 0 saturated carbocycles. The van der Waals surface area contributed by atoms with Crippen molar-refractivity contribution in [2.75, 3.05) is 23.0 Å². The first-order valence-electron chi connectivity index (χ1n) is 8.95. The van der Waals surface area contributed by atoms with Crippen LogP contribution >= 0.6 is 11.6 Å². The molecule has 2 saturated heterocycles. The first kappa shape index (κ1) is 15.1. The summed E-state index contributed by atoms with van der Waals surface area (Å²) in [6, 6.07) is 16.0. The maximum atomic E-state index is 13.5. The normalized spacial score (nSPS) is 24.8. The van der Waals surface area contributed by atoms with E-state index in [9.17, 15) is 4.79 Å². The lowest BCUT2D eigenvalue weighted by Gasteiger charge is -2.58. The van der Waals surface area contributed by atoms with Crippen molar-refractivity contribution >= 4 is 28.9 Å². The van der Waals surface area contributed by atoms with Crippen molar-refractivity contribution in [2.45, 2.75) is 31.3 Å².